The summed E-state index contributed by atoms with van der Waals surface area (Å²) < 4.78 is 0. The molecule has 4 nitrogen and oxygen atoms in total. The van der Waals surface area contributed by atoms with Crippen molar-refractivity contribution in [1.29, 1.82) is 0 Å². The minimum atomic E-state index is -1.65. The van der Waals surface area contributed by atoms with Gasteiger partial charge in [-0.3, -0.25) is 9.59 Å². The average Bonchev–Trinajstić information content (AvgIpc) is 1.77. The fourth-order valence-electron chi connectivity index (χ4n) is 3.43. The summed E-state index contributed by atoms with van der Waals surface area (Å²) in [5.41, 5.74) is -3.03. The molecule has 4 heteroatoms. The van der Waals surface area contributed by atoms with Gasteiger partial charge in [0.1, 0.15) is 0 Å². The molecule has 80 valence electrons. The predicted molar refractivity (Wildman–Crippen MR) is 49.9 cm³/mol. The molecule has 14 heavy (non-hydrogen) atoms. The molecule has 0 heterocycles. The largest absolute Gasteiger partial charge is 0.480 e. The Balaban J connectivity index is 3.33. The van der Waals surface area contributed by atoms with Crippen LogP contribution in [-0.2, 0) is 9.59 Å². The van der Waals surface area contributed by atoms with E-state index in [1.54, 1.807) is 27.7 Å². The van der Waals surface area contributed by atoms with E-state index in [9.17, 15) is 9.59 Å². The zero-order chi connectivity index (χ0) is 11.4. The van der Waals surface area contributed by atoms with E-state index in [0.717, 1.165) is 0 Å². The monoisotopic (exact) mass is 200 g/mol. The average molecular weight is 200 g/mol. The maximum Gasteiger partial charge on any atom is 0.322 e. The van der Waals surface area contributed by atoms with E-state index in [0.29, 0.717) is 6.42 Å². The molecular formula is C10H16O4. The third-order valence-corrected chi connectivity index (χ3v) is 3.56. The van der Waals surface area contributed by atoms with Crippen LogP contribution in [-0.4, -0.2) is 22.2 Å². The number of hydrogen-bond acceptors (Lipinski definition) is 2. The lowest BCUT2D eigenvalue weighted by Crippen LogP contribution is -2.68. The Morgan fingerprint density at radius 2 is 1.21 bits per heavy atom. The molecule has 0 aromatic heterocycles. The second kappa shape index (κ2) is 2.49. The molecule has 0 amide bonds. The number of rotatable bonds is 2. The molecule has 1 saturated carbocycles. The Morgan fingerprint density at radius 1 is 0.929 bits per heavy atom. The third kappa shape index (κ3) is 0.885. The van der Waals surface area contributed by atoms with Crippen LogP contribution in [0.5, 0.6) is 0 Å². The highest BCUT2D eigenvalue weighted by atomic mass is 16.4. The number of hydrogen-bond donors (Lipinski definition) is 2. The van der Waals surface area contributed by atoms with Crippen LogP contribution in [0.2, 0.25) is 0 Å². The summed E-state index contributed by atoms with van der Waals surface area (Å²) in [7, 11) is 0. The van der Waals surface area contributed by atoms with Gasteiger partial charge < -0.3 is 10.2 Å². The minimum absolute atomic E-state index is 0.610. The summed E-state index contributed by atoms with van der Waals surface area (Å²) in [4.78, 5) is 22.4. The topological polar surface area (TPSA) is 74.6 Å². The van der Waals surface area contributed by atoms with Crippen LogP contribution in [0.1, 0.15) is 34.1 Å². The summed E-state index contributed by atoms with van der Waals surface area (Å²) in [5.74, 6) is -2.46. The van der Waals surface area contributed by atoms with E-state index in [-0.39, 0.29) is 0 Å². The van der Waals surface area contributed by atoms with Crippen LogP contribution in [0.3, 0.4) is 0 Å². The number of carbonyl (C=O) groups is 2. The fourth-order valence-corrected chi connectivity index (χ4v) is 3.43. The van der Waals surface area contributed by atoms with E-state index >= 15 is 0 Å². The molecular weight excluding hydrogens is 184 g/mol. The number of aliphatic carboxylic acids is 2. The van der Waals surface area contributed by atoms with Gasteiger partial charge in [-0.05, 0) is 17.3 Å². The van der Waals surface area contributed by atoms with Crippen LogP contribution in [0.15, 0.2) is 0 Å². The van der Waals surface area contributed by atoms with Crippen molar-refractivity contribution in [2.24, 2.45) is 16.2 Å². The number of carboxylic acid groups (broad SMARTS) is 2. The van der Waals surface area contributed by atoms with Gasteiger partial charge in [-0.25, -0.2) is 0 Å². The quantitative estimate of drug-likeness (QED) is 0.664. The maximum absolute atomic E-state index is 11.2. The minimum Gasteiger partial charge on any atom is -0.480 e. The molecule has 0 atom stereocenters. The molecule has 2 N–H and O–H groups in total. The van der Waals surface area contributed by atoms with Crippen LogP contribution in [0.4, 0.5) is 0 Å². The van der Waals surface area contributed by atoms with Crippen molar-refractivity contribution in [2.75, 3.05) is 0 Å². The fraction of sp³-hybridized carbons (Fsp3) is 0.800. The molecule has 0 spiro atoms. The highest BCUT2D eigenvalue weighted by Gasteiger charge is 2.74. The maximum atomic E-state index is 11.2. The first-order valence-electron chi connectivity index (χ1n) is 4.56. The molecule has 0 radical (unpaired) electrons. The van der Waals surface area contributed by atoms with E-state index in [1.807, 2.05) is 0 Å². The molecule has 1 fully saturated rings. The van der Waals surface area contributed by atoms with Gasteiger partial charge in [0.05, 0.1) is 0 Å². The molecule has 1 aliphatic rings. The third-order valence-electron chi connectivity index (χ3n) is 3.56. The Hall–Kier alpha value is -1.06. The van der Waals surface area contributed by atoms with Crippen molar-refractivity contribution >= 4 is 11.9 Å². The normalized spacial score (nSPS) is 26.3. The van der Waals surface area contributed by atoms with Gasteiger partial charge in [0.2, 0.25) is 0 Å². The molecule has 0 aromatic rings. The molecule has 0 aromatic carbocycles. The predicted octanol–water partition coefficient (Wildman–Crippen LogP) is 1.60. The van der Waals surface area contributed by atoms with Crippen LogP contribution >= 0.6 is 0 Å². The summed E-state index contributed by atoms with van der Waals surface area (Å²) in [6.07, 6.45) is 0.610. The van der Waals surface area contributed by atoms with Crippen molar-refractivity contribution in [1.82, 2.24) is 0 Å². The standard InChI is InChI=1S/C10H16O4/c1-8(2)5-9(3,4)10(8,6(11)12)7(13)14/h5H2,1-4H3,(H,11,12)(H,13,14). The van der Waals surface area contributed by atoms with Gasteiger partial charge >= 0.3 is 11.9 Å². The zero-order valence-electron chi connectivity index (χ0n) is 8.92. The van der Waals surface area contributed by atoms with Gasteiger partial charge in [-0.2, -0.15) is 0 Å². The van der Waals surface area contributed by atoms with Crippen LogP contribution in [0.25, 0.3) is 0 Å². The van der Waals surface area contributed by atoms with Gasteiger partial charge in [-0.1, -0.05) is 27.7 Å². The molecule has 0 saturated heterocycles. The first-order chi connectivity index (χ1) is 6.09. The van der Waals surface area contributed by atoms with Crippen molar-refractivity contribution in [2.45, 2.75) is 34.1 Å². The number of carboxylic acids is 2. The van der Waals surface area contributed by atoms with Crippen LogP contribution < -0.4 is 0 Å². The van der Waals surface area contributed by atoms with E-state index in [4.69, 9.17) is 10.2 Å². The highest BCUT2D eigenvalue weighted by Crippen LogP contribution is 2.67. The first-order valence-corrected chi connectivity index (χ1v) is 4.56. The van der Waals surface area contributed by atoms with E-state index in [2.05, 4.69) is 0 Å². The lowest BCUT2D eigenvalue weighted by Gasteiger charge is -2.61. The Kier molecular flexibility index (Phi) is 1.96. The van der Waals surface area contributed by atoms with E-state index < -0.39 is 28.2 Å². The Labute approximate surface area is 82.9 Å². The van der Waals surface area contributed by atoms with Crippen molar-refractivity contribution in [3.63, 3.8) is 0 Å². The molecule has 0 aliphatic heterocycles. The summed E-state index contributed by atoms with van der Waals surface area (Å²) in [5, 5.41) is 18.3. The lowest BCUT2D eigenvalue weighted by molar-refractivity contribution is -0.222. The molecule has 1 aliphatic carbocycles. The second-order valence-corrected chi connectivity index (χ2v) is 5.30. The Bertz CT molecular complexity index is 271. The summed E-state index contributed by atoms with van der Waals surface area (Å²) in [6.45, 7) is 6.78. The second-order valence-electron chi connectivity index (χ2n) is 5.30. The van der Waals surface area contributed by atoms with Crippen molar-refractivity contribution in [3.05, 3.63) is 0 Å². The smallest absolute Gasteiger partial charge is 0.322 e. The van der Waals surface area contributed by atoms with Gasteiger partial charge in [0, 0.05) is 0 Å². The molecule has 0 unspecified atom stereocenters. The van der Waals surface area contributed by atoms with Gasteiger partial charge in [-0.15, -0.1) is 0 Å². The molecule has 1 rings (SSSR count). The zero-order valence-corrected chi connectivity index (χ0v) is 8.92. The lowest BCUT2D eigenvalue weighted by atomic mass is 9.38. The van der Waals surface area contributed by atoms with Crippen LogP contribution in [0, 0.1) is 16.2 Å². The van der Waals surface area contributed by atoms with Crippen molar-refractivity contribution < 1.29 is 19.8 Å². The summed E-state index contributed by atoms with van der Waals surface area (Å²) in [6, 6.07) is 0. The molecule has 0 bridgehead atoms. The first kappa shape index (κ1) is 11.0. The highest BCUT2D eigenvalue weighted by molar-refractivity contribution is 6.01. The van der Waals surface area contributed by atoms with E-state index in [1.165, 1.54) is 0 Å². The van der Waals surface area contributed by atoms with Crippen molar-refractivity contribution in [3.8, 4) is 0 Å². The Morgan fingerprint density at radius 3 is 1.29 bits per heavy atom. The van der Waals surface area contributed by atoms with Gasteiger partial charge in [0.15, 0.2) is 5.41 Å². The summed E-state index contributed by atoms with van der Waals surface area (Å²) >= 11 is 0. The SMILES string of the molecule is CC1(C)CC(C)(C)C1(C(=O)O)C(=O)O. The van der Waals surface area contributed by atoms with Gasteiger partial charge in [0.25, 0.3) is 0 Å².